The normalized spacial score (nSPS) is 11.3. The van der Waals surface area contributed by atoms with Crippen LogP contribution in [0.1, 0.15) is 20.8 Å². The van der Waals surface area contributed by atoms with Gasteiger partial charge in [0.05, 0.1) is 0 Å². The predicted octanol–water partition coefficient (Wildman–Crippen LogP) is 2.54. The highest BCUT2D eigenvalue weighted by molar-refractivity contribution is 8.22. The van der Waals surface area contributed by atoms with E-state index in [9.17, 15) is 0 Å². The van der Waals surface area contributed by atoms with E-state index in [4.69, 9.17) is 12.2 Å². The standard InChI is InChI=1S/C7H13NS2/c1-4-6(3)8-7(9)10-5-2/h4H,5H2,1-3H3,(H,8,9)/b6-4+. The monoisotopic (exact) mass is 175 g/mol. The van der Waals surface area contributed by atoms with Gasteiger partial charge in [-0.15, -0.1) is 0 Å². The Morgan fingerprint density at radius 2 is 2.30 bits per heavy atom. The van der Waals surface area contributed by atoms with E-state index in [-0.39, 0.29) is 0 Å². The molecule has 1 N–H and O–H groups in total. The van der Waals surface area contributed by atoms with Crippen LogP contribution in [0.4, 0.5) is 0 Å². The van der Waals surface area contributed by atoms with Gasteiger partial charge < -0.3 is 5.32 Å². The van der Waals surface area contributed by atoms with Crippen molar-refractivity contribution in [1.82, 2.24) is 5.32 Å². The molecular formula is C7H13NS2. The van der Waals surface area contributed by atoms with E-state index in [0.717, 1.165) is 15.8 Å². The van der Waals surface area contributed by atoms with Gasteiger partial charge >= 0.3 is 0 Å². The number of hydrogen-bond acceptors (Lipinski definition) is 2. The molecule has 0 rings (SSSR count). The maximum atomic E-state index is 5.01. The van der Waals surface area contributed by atoms with Gasteiger partial charge in [0.25, 0.3) is 0 Å². The molecule has 0 spiro atoms. The van der Waals surface area contributed by atoms with Crippen LogP contribution in [0.3, 0.4) is 0 Å². The molecule has 0 aliphatic carbocycles. The third-order valence-electron chi connectivity index (χ3n) is 1.01. The van der Waals surface area contributed by atoms with Gasteiger partial charge in [-0.1, -0.05) is 37.0 Å². The fourth-order valence-corrected chi connectivity index (χ4v) is 1.41. The van der Waals surface area contributed by atoms with E-state index in [1.54, 1.807) is 11.8 Å². The summed E-state index contributed by atoms with van der Waals surface area (Å²) in [5, 5.41) is 3.09. The van der Waals surface area contributed by atoms with E-state index < -0.39 is 0 Å². The number of nitrogens with one attached hydrogen (secondary N) is 1. The topological polar surface area (TPSA) is 12.0 Å². The van der Waals surface area contributed by atoms with Crippen LogP contribution in [-0.2, 0) is 0 Å². The summed E-state index contributed by atoms with van der Waals surface area (Å²) in [6.07, 6.45) is 2.00. The first kappa shape index (κ1) is 9.98. The lowest BCUT2D eigenvalue weighted by atomic mass is 10.5. The van der Waals surface area contributed by atoms with Gasteiger partial charge in [0.1, 0.15) is 4.32 Å². The van der Waals surface area contributed by atoms with Crippen LogP contribution in [0.15, 0.2) is 11.8 Å². The van der Waals surface area contributed by atoms with E-state index in [1.807, 2.05) is 19.9 Å². The summed E-state index contributed by atoms with van der Waals surface area (Å²) in [6.45, 7) is 6.08. The minimum atomic E-state index is 0.859. The Balaban J connectivity index is 3.58. The van der Waals surface area contributed by atoms with Crippen molar-refractivity contribution in [2.45, 2.75) is 20.8 Å². The van der Waals surface area contributed by atoms with Crippen LogP contribution in [-0.4, -0.2) is 10.1 Å². The second kappa shape index (κ2) is 5.74. The summed E-state index contributed by atoms with van der Waals surface area (Å²) in [6, 6.07) is 0. The molecular weight excluding hydrogens is 162 g/mol. The molecule has 0 bridgehead atoms. The molecule has 0 aromatic carbocycles. The summed E-state index contributed by atoms with van der Waals surface area (Å²) in [7, 11) is 0. The lowest BCUT2D eigenvalue weighted by Crippen LogP contribution is -2.15. The Morgan fingerprint density at radius 1 is 1.70 bits per heavy atom. The highest BCUT2D eigenvalue weighted by Gasteiger charge is 1.92. The first-order valence-corrected chi connectivity index (χ1v) is 4.66. The number of thioether (sulfide) groups is 1. The molecule has 58 valence electrons. The van der Waals surface area contributed by atoms with Crippen molar-refractivity contribution < 1.29 is 0 Å². The molecule has 0 unspecified atom stereocenters. The van der Waals surface area contributed by atoms with Gasteiger partial charge in [0, 0.05) is 5.70 Å². The minimum Gasteiger partial charge on any atom is -0.345 e. The molecule has 0 heterocycles. The maximum Gasteiger partial charge on any atom is 0.137 e. The third kappa shape index (κ3) is 4.82. The lowest BCUT2D eigenvalue weighted by Gasteiger charge is -2.04. The fourth-order valence-electron chi connectivity index (χ4n) is 0.400. The summed E-state index contributed by atoms with van der Waals surface area (Å²) in [4.78, 5) is 0. The van der Waals surface area contributed by atoms with E-state index in [1.165, 1.54) is 0 Å². The second-order valence-electron chi connectivity index (χ2n) is 1.82. The molecule has 3 heteroatoms. The Labute approximate surface area is 72.3 Å². The Bertz CT molecular complexity index is 141. The predicted molar refractivity (Wildman–Crippen MR) is 53.3 cm³/mol. The smallest absolute Gasteiger partial charge is 0.137 e. The lowest BCUT2D eigenvalue weighted by molar-refractivity contribution is 1.14. The third-order valence-corrected chi connectivity index (χ3v) is 2.12. The molecule has 0 fully saturated rings. The number of hydrogen-bond donors (Lipinski definition) is 1. The Morgan fingerprint density at radius 3 is 2.70 bits per heavy atom. The van der Waals surface area contributed by atoms with Crippen LogP contribution in [0.25, 0.3) is 0 Å². The van der Waals surface area contributed by atoms with Gasteiger partial charge in [-0.25, -0.2) is 0 Å². The first-order chi connectivity index (χ1) is 4.70. The number of allylic oxidation sites excluding steroid dienone is 2. The Hall–Kier alpha value is -0.0200. The highest BCUT2D eigenvalue weighted by atomic mass is 32.2. The fraction of sp³-hybridized carbons (Fsp3) is 0.571. The maximum absolute atomic E-state index is 5.01. The Kier molecular flexibility index (Phi) is 5.73. The van der Waals surface area contributed by atoms with Gasteiger partial charge in [0.15, 0.2) is 0 Å². The molecule has 0 aliphatic heterocycles. The summed E-state index contributed by atoms with van der Waals surface area (Å²) >= 11 is 6.66. The molecule has 0 aromatic heterocycles. The zero-order valence-electron chi connectivity index (χ0n) is 6.60. The van der Waals surface area contributed by atoms with Crippen LogP contribution in [0, 0.1) is 0 Å². The van der Waals surface area contributed by atoms with Crippen LogP contribution >= 0.6 is 24.0 Å². The van der Waals surface area contributed by atoms with Gasteiger partial charge in [-0.3, -0.25) is 0 Å². The van der Waals surface area contributed by atoms with Crippen LogP contribution in [0.2, 0.25) is 0 Å². The summed E-state index contributed by atoms with van der Waals surface area (Å²) in [5.41, 5.74) is 1.12. The van der Waals surface area contributed by atoms with Crippen molar-refractivity contribution in [3.8, 4) is 0 Å². The quantitative estimate of drug-likeness (QED) is 0.648. The first-order valence-electron chi connectivity index (χ1n) is 3.27. The van der Waals surface area contributed by atoms with Gasteiger partial charge in [-0.05, 0) is 19.6 Å². The zero-order chi connectivity index (χ0) is 7.98. The zero-order valence-corrected chi connectivity index (χ0v) is 8.23. The largest absolute Gasteiger partial charge is 0.345 e. The molecule has 0 aromatic rings. The number of rotatable bonds is 2. The van der Waals surface area contributed by atoms with Crippen molar-refractivity contribution in [2.75, 3.05) is 5.75 Å². The van der Waals surface area contributed by atoms with Crippen molar-refractivity contribution in [3.63, 3.8) is 0 Å². The molecule has 0 aliphatic rings. The molecule has 0 amide bonds. The van der Waals surface area contributed by atoms with E-state index in [2.05, 4.69) is 12.2 Å². The van der Waals surface area contributed by atoms with Crippen molar-refractivity contribution in [2.24, 2.45) is 0 Å². The molecule has 0 atom stereocenters. The van der Waals surface area contributed by atoms with Crippen molar-refractivity contribution >= 4 is 28.3 Å². The molecule has 10 heavy (non-hydrogen) atoms. The average Bonchev–Trinajstić information content (AvgIpc) is 1.88. The molecule has 1 nitrogen and oxygen atoms in total. The van der Waals surface area contributed by atoms with Crippen LogP contribution < -0.4 is 5.32 Å². The molecule has 0 saturated heterocycles. The molecule has 0 radical (unpaired) electrons. The van der Waals surface area contributed by atoms with E-state index in [0.29, 0.717) is 0 Å². The van der Waals surface area contributed by atoms with Crippen molar-refractivity contribution in [3.05, 3.63) is 11.8 Å². The highest BCUT2D eigenvalue weighted by Crippen LogP contribution is 2.01. The minimum absolute atomic E-state index is 0.859. The van der Waals surface area contributed by atoms with Gasteiger partial charge in [-0.2, -0.15) is 0 Å². The molecule has 0 saturated carbocycles. The van der Waals surface area contributed by atoms with Crippen molar-refractivity contribution in [1.29, 1.82) is 0 Å². The van der Waals surface area contributed by atoms with Crippen LogP contribution in [0.5, 0.6) is 0 Å². The average molecular weight is 175 g/mol. The number of thiocarbonyl (C=S) groups is 1. The van der Waals surface area contributed by atoms with E-state index >= 15 is 0 Å². The van der Waals surface area contributed by atoms with Gasteiger partial charge in [0.2, 0.25) is 0 Å². The summed E-state index contributed by atoms with van der Waals surface area (Å²) in [5.74, 6) is 1.03. The second-order valence-corrected chi connectivity index (χ2v) is 3.76. The SMILES string of the molecule is C/C=C(\C)NC(=S)SCC. The summed E-state index contributed by atoms with van der Waals surface area (Å²) < 4.78 is 0.859.